The van der Waals surface area contributed by atoms with E-state index in [1.165, 1.54) is 4.68 Å². The Balaban J connectivity index is 2.05. The number of carbonyl (C=O) groups is 1. The molecule has 19 heavy (non-hydrogen) atoms. The zero-order valence-corrected chi connectivity index (χ0v) is 12.2. The molecule has 0 N–H and O–H groups in total. The van der Waals surface area contributed by atoms with Crippen molar-refractivity contribution in [3.63, 3.8) is 0 Å². The summed E-state index contributed by atoms with van der Waals surface area (Å²) in [6, 6.07) is 5.30. The maximum atomic E-state index is 12.5. The quantitative estimate of drug-likeness (QED) is 0.745. The van der Waals surface area contributed by atoms with Crippen LogP contribution < -0.4 is 0 Å². The first-order chi connectivity index (χ1) is 8.99. The molecule has 1 aromatic heterocycles. The fourth-order valence-electron chi connectivity index (χ4n) is 2.10. The fraction of sp³-hybridized carbons (Fsp3) is 0.417. The van der Waals surface area contributed by atoms with Crippen molar-refractivity contribution < 1.29 is 9.53 Å². The van der Waals surface area contributed by atoms with E-state index < -0.39 is 0 Å². The predicted molar refractivity (Wildman–Crippen MR) is 72.8 cm³/mol. The largest absolute Gasteiger partial charge is 0.359 e. The molecular weight excluding hydrogens is 312 g/mol. The molecule has 0 radical (unpaired) electrons. The monoisotopic (exact) mass is 324 g/mol. The van der Waals surface area contributed by atoms with Gasteiger partial charge in [0.25, 0.3) is 0 Å². The van der Waals surface area contributed by atoms with Crippen LogP contribution in [0.2, 0.25) is 0 Å². The smallest absolute Gasteiger partial charge is 0.349 e. The third kappa shape index (κ3) is 2.02. The summed E-state index contributed by atoms with van der Waals surface area (Å²) in [5.74, 6) is 0. The van der Waals surface area contributed by atoms with E-state index in [0.717, 1.165) is 4.47 Å². The minimum Gasteiger partial charge on any atom is -0.359 e. The summed E-state index contributed by atoms with van der Waals surface area (Å²) in [6.07, 6.45) is 0. The molecule has 3 rings (SSSR count). The molecule has 0 saturated carbocycles. The van der Waals surface area contributed by atoms with Crippen molar-refractivity contribution in [2.45, 2.75) is 19.4 Å². The van der Waals surface area contributed by atoms with E-state index in [2.05, 4.69) is 26.2 Å². The first kappa shape index (κ1) is 12.6. The molecule has 1 saturated heterocycles. The lowest BCUT2D eigenvalue weighted by Crippen LogP contribution is -2.46. The van der Waals surface area contributed by atoms with Gasteiger partial charge in [0.15, 0.2) is 0 Å². The lowest BCUT2D eigenvalue weighted by molar-refractivity contribution is 0.138. The number of benzene rings is 1. The Bertz CT molecular complexity index is 652. The van der Waals surface area contributed by atoms with Crippen molar-refractivity contribution in [1.29, 1.82) is 0 Å². The maximum Gasteiger partial charge on any atom is 0.349 e. The second-order valence-corrected chi connectivity index (χ2v) is 6.05. The highest BCUT2D eigenvalue weighted by Gasteiger charge is 2.38. The number of nitrogens with zero attached hydrogens (tertiary/aromatic N) is 4. The maximum absolute atomic E-state index is 12.5. The van der Waals surface area contributed by atoms with E-state index in [1.807, 2.05) is 32.0 Å². The summed E-state index contributed by atoms with van der Waals surface area (Å²) in [6.45, 7) is 4.73. The van der Waals surface area contributed by atoms with Crippen molar-refractivity contribution in [3.05, 3.63) is 22.7 Å². The second kappa shape index (κ2) is 4.28. The average Bonchev–Trinajstić information content (AvgIpc) is 2.91. The normalized spacial score (nSPS) is 18.2. The molecule has 0 atom stereocenters. The Morgan fingerprint density at radius 3 is 2.95 bits per heavy atom. The van der Waals surface area contributed by atoms with Crippen LogP contribution >= 0.6 is 15.9 Å². The van der Waals surface area contributed by atoms with Gasteiger partial charge in [-0.25, -0.2) is 4.79 Å². The van der Waals surface area contributed by atoms with Crippen LogP contribution in [-0.4, -0.2) is 44.8 Å². The van der Waals surface area contributed by atoms with Gasteiger partial charge in [-0.1, -0.05) is 21.1 Å². The van der Waals surface area contributed by atoms with Gasteiger partial charge in [0.1, 0.15) is 17.8 Å². The van der Waals surface area contributed by atoms with Gasteiger partial charge in [0, 0.05) is 4.47 Å². The molecule has 1 aliphatic rings. The van der Waals surface area contributed by atoms with Crippen LogP contribution in [0.25, 0.3) is 11.0 Å². The van der Waals surface area contributed by atoms with Gasteiger partial charge >= 0.3 is 6.03 Å². The van der Waals surface area contributed by atoms with Crippen LogP contribution in [0.15, 0.2) is 22.7 Å². The minimum atomic E-state index is -0.332. The van der Waals surface area contributed by atoms with Crippen LogP contribution in [0.1, 0.15) is 13.8 Å². The van der Waals surface area contributed by atoms with E-state index >= 15 is 0 Å². The van der Waals surface area contributed by atoms with Crippen molar-refractivity contribution in [3.8, 4) is 0 Å². The highest BCUT2D eigenvalue weighted by atomic mass is 79.9. The summed E-state index contributed by atoms with van der Waals surface area (Å²) < 4.78 is 7.56. The lowest BCUT2D eigenvalue weighted by Gasteiger charge is -2.28. The third-order valence-electron chi connectivity index (χ3n) is 3.23. The molecular formula is C12H13BrN4O2. The Hall–Kier alpha value is -1.47. The molecule has 6 nitrogen and oxygen atoms in total. The molecule has 0 bridgehead atoms. The van der Waals surface area contributed by atoms with E-state index in [0.29, 0.717) is 17.6 Å². The molecule has 1 aliphatic heterocycles. The number of rotatable bonds is 0. The first-order valence-corrected chi connectivity index (χ1v) is 6.69. The second-order valence-electron chi connectivity index (χ2n) is 5.13. The van der Waals surface area contributed by atoms with Gasteiger partial charge in [0.2, 0.25) is 0 Å². The molecule has 2 aromatic rings. The number of carbonyl (C=O) groups excluding carboxylic acids is 1. The van der Waals surface area contributed by atoms with Gasteiger partial charge in [0.05, 0.1) is 12.1 Å². The van der Waals surface area contributed by atoms with Crippen LogP contribution in [0, 0.1) is 0 Å². The molecule has 100 valence electrons. The van der Waals surface area contributed by atoms with Crippen molar-refractivity contribution in [1.82, 2.24) is 19.9 Å². The van der Waals surface area contributed by atoms with E-state index in [9.17, 15) is 4.79 Å². The number of ether oxygens (including phenoxy) is 1. The fourth-order valence-corrected chi connectivity index (χ4v) is 2.45. The molecule has 0 spiro atoms. The number of amides is 1. The van der Waals surface area contributed by atoms with Crippen molar-refractivity contribution in [2.75, 3.05) is 13.3 Å². The summed E-state index contributed by atoms with van der Waals surface area (Å²) >= 11 is 3.39. The first-order valence-electron chi connectivity index (χ1n) is 5.90. The number of hydrogen-bond donors (Lipinski definition) is 0. The molecule has 1 amide bonds. The predicted octanol–water partition coefficient (Wildman–Crippen LogP) is 2.23. The van der Waals surface area contributed by atoms with E-state index in [-0.39, 0.29) is 18.3 Å². The standard InChI is InChI=1S/C12H13BrN4O2/c1-12(2)6-19-7-16(12)11(18)17-10-5-8(13)3-4-9(10)14-15-17/h3-5H,6-7H2,1-2H3. The highest BCUT2D eigenvalue weighted by Crippen LogP contribution is 2.24. The number of fused-ring (bicyclic) bond motifs is 1. The molecule has 7 heteroatoms. The summed E-state index contributed by atoms with van der Waals surface area (Å²) in [4.78, 5) is 14.2. The number of halogens is 1. The lowest BCUT2D eigenvalue weighted by atomic mass is 10.1. The van der Waals surface area contributed by atoms with Gasteiger partial charge in [-0.3, -0.25) is 4.90 Å². The third-order valence-corrected chi connectivity index (χ3v) is 3.72. The minimum absolute atomic E-state index is 0.219. The zero-order chi connectivity index (χ0) is 13.6. The van der Waals surface area contributed by atoms with Gasteiger partial charge in [-0.05, 0) is 32.0 Å². The van der Waals surface area contributed by atoms with Crippen molar-refractivity contribution >= 4 is 33.0 Å². The highest BCUT2D eigenvalue weighted by molar-refractivity contribution is 9.10. The number of hydrogen-bond acceptors (Lipinski definition) is 4. The topological polar surface area (TPSA) is 60.2 Å². The van der Waals surface area contributed by atoms with E-state index in [1.54, 1.807) is 4.90 Å². The Morgan fingerprint density at radius 1 is 1.47 bits per heavy atom. The van der Waals surface area contributed by atoms with Crippen LogP contribution in [0.4, 0.5) is 4.79 Å². The Morgan fingerprint density at radius 2 is 2.26 bits per heavy atom. The summed E-state index contributed by atoms with van der Waals surface area (Å²) in [5.41, 5.74) is 1.04. The molecule has 0 unspecified atom stereocenters. The zero-order valence-electron chi connectivity index (χ0n) is 10.6. The van der Waals surface area contributed by atoms with Crippen LogP contribution in [0.5, 0.6) is 0 Å². The van der Waals surface area contributed by atoms with Gasteiger partial charge in [-0.15, -0.1) is 5.10 Å². The Kier molecular flexibility index (Phi) is 2.83. The Labute approximate surface area is 118 Å². The SMILES string of the molecule is CC1(C)COCN1C(=O)n1nnc2ccc(Br)cc21. The van der Waals surface area contributed by atoms with Crippen LogP contribution in [-0.2, 0) is 4.74 Å². The molecule has 1 fully saturated rings. The van der Waals surface area contributed by atoms with Crippen LogP contribution in [0.3, 0.4) is 0 Å². The van der Waals surface area contributed by atoms with Gasteiger partial charge < -0.3 is 4.74 Å². The summed E-state index contributed by atoms with van der Waals surface area (Å²) in [5, 5.41) is 7.95. The molecule has 2 heterocycles. The molecule has 0 aliphatic carbocycles. The molecule has 1 aromatic carbocycles. The van der Waals surface area contributed by atoms with Crippen molar-refractivity contribution in [2.24, 2.45) is 0 Å². The van der Waals surface area contributed by atoms with E-state index in [4.69, 9.17) is 4.74 Å². The average molecular weight is 325 g/mol. The summed E-state index contributed by atoms with van der Waals surface area (Å²) in [7, 11) is 0. The number of aromatic nitrogens is 3. The van der Waals surface area contributed by atoms with Gasteiger partial charge in [-0.2, -0.15) is 4.68 Å².